The summed E-state index contributed by atoms with van der Waals surface area (Å²) in [6.07, 6.45) is 1.46. The Labute approximate surface area is 107 Å². The summed E-state index contributed by atoms with van der Waals surface area (Å²) >= 11 is 3.13. The Balaban J connectivity index is 2.72. The molecule has 0 spiro atoms. The number of nitrogens with one attached hydrogen (secondary N) is 2. The number of aromatic nitrogens is 2. The van der Waals surface area contributed by atoms with Crippen molar-refractivity contribution in [1.82, 2.24) is 14.5 Å². The van der Waals surface area contributed by atoms with E-state index in [2.05, 4.69) is 31.1 Å². The van der Waals surface area contributed by atoms with E-state index in [1.54, 1.807) is 0 Å². The highest BCUT2D eigenvalue weighted by Crippen LogP contribution is 2.15. The molecule has 0 aromatic carbocycles. The van der Waals surface area contributed by atoms with Crippen LogP contribution in [-0.2, 0) is 17.1 Å². The molecule has 0 fully saturated rings. The minimum atomic E-state index is -3.25. The lowest BCUT2D eigenvalue weighted by atomic mass is 10.4. The van der Waals surface area contributed by atoms with E-state index in [0.29, 0.717) is 10.2 Å². The topological polar surface area (TPSA) is 93.1 Å². The van der Waals surface area contributed by atoms with Crippen molar-refractivity contribution < 1.29 is 8.42 Å². The quantitative estimate of drug-likeness (QED) is 0.762. The summed E-state index contributed by atoms with van der Waals surface area (Å²) in [6, 6.07) is 0. The third-order valence-electron chi connectivity index (χ3n) is 2.08. The molecule has 0 saturated carbocycles. The zero-order chi connectivity index (χ0) is 13.1. The summed E-state index contributed by atoms with van der Waals surface area (Å²) in [5.41, 5.74) is 0.186. The number of sulfonamides is 1. The first kappa shape index (κ1) is 14.1. The maximum absolute atomic E-state index is 11.5. The van der Waals surface area contributed by atoms with Crippen LogP contribution in [0.3, 0.4) is 0 Å². The maximum atomic E-state index is 11.5. The average Bonchev–Trinajstić information content (AvgIpc) is 2.29. The highest BCUT2D eigenvalue weighted by Gasteiger charge is 2.09. The zero-order valence-corrected chi connectivity index (χ0v) is 11.8. The van der Waals surface area contributed by atoms with Gasteiger partial charge in [0.15, 0.2) is 0 Å². The molecule has 9 heteroatoms. The minimum absolute atomic E-state index is 0.0782. The van der Waals surface area contributed by atoms with Crippen LogP contribution in [0.25, 0.3) is 0 Å². The van der Waals surface area contributed by atoms with Crippen molar-refractivity contribution in [2.75, 3.05) is 24.7 Å². The molecule has 0 amide bonds. The first-order valence-corrected chi connectivity index (χ1v) is 7.19. The lowest BCUT2D eigenvalue weighted by Crippen LogP contribution is -2.27. The van der Waals surface area contributed by atoms with E-state index in [9.17, 15) is 13.2 Å². The Bertz CT molecular complexity index is 554. The second kappa shape index (κ2) is 5.61. The number of nitrogens with zero attached hydrogens (tertiary/aromatic N) is 2. The van der Waals surface area contributed by atoms with Crippen LogP contribution in [0.4, 0.5) is 5.69 Å². The number of hydrogen-bond acceptors (Lipinski definition) is 5. The van der Waals surface area contributed by atoms with Crippen molar-refractivity contribution in [3.63, 3.8) is 0 Å². The van der Waals surface area contributed by atoms with Crippen LogP contribution in [-0.4, -0.2) is 37.5 Å². The third-order valence-corrected chi connectivity index (χ3v) is 4.21. The van der Waals surface area contributed by atoms with Gasteiger partial charge in [-0.15, -0.1) is 0 Å². The van der Waals surface area contributed by atoms with E-state index in [0.717, 1.165) is 0 Å². The van der Waals surface area contributed by atoms with Crippen LogP contribution in [0, 0.1) is 0 Å². The first-order chi connectivity index (χ1) is 7.87. The Morgan fingerprint density at radius 3 is 2.76 bits per heavy atom. The minimum Gasteiger partial charge on any atom is -0.382 e. The van der Waals surface area contributed by atoms with Gasteiger partial charge in [0.25, 0.3) is 5.56 Å². The Morgan fingerprint density at radius 2 is 2.18 bits per heavy atom. The molecule has 0 bridgehead atoms. The highest BCUT2D eigenvalue weighted by atomic mass is 79.9. The van der Waals surface area contributed by atoms with E-state index >= 15 is 0 Å². The molecule has 17 heavy (non-hydrogen) atoms. The van der Waals surface area contributed by atoms with E-state index in [1.807, 2.05) is 0 Å². The van der Waals surface area contributed by atoms with Crippen molar-refractivity contribution in [1.29, 1.82) is 0 Å². The van der Waals surface area contributed by atoms with E-state index in [-0.39, 0.29) is 17.9 Å². The molecule has 1 aromatic rings. The first-order valence-electron chi connectivity index (χ1n) is 4.74. The molecule has 0 aliphatic carbocycles. The summed E-state index contributed by atoms with van der Waals surface area (Å²) in [7, 11) is -0.370. The van der Waals surface area contributed by atoms with Gasteiger partial charge in [-0.25, -0.2) is 17.8 Å². The smallest absolute Gasteiger partial charge is 0.282 e. The van der Waals surface area contributed by atoms with Gasteiger partial charge in [-0.05, 0) is 23.0 Å². The molecule has 0 atom stereocenters. The predicted molar refractivity (Wildman–Crippen MR) is 68.5 cm³/mol. The van der Waals surface area contributed by atoms with Crippen molar-refractivity contribution in [3.8, 4) is 0 Å². The molecular weight excluding hydrogens is 312 g/mol. The van der Waals surface area contributed by atoms with E-state index < -0.39 is 10.0 Å². The molecule has 0 saturated heterocycles. The molecule has 0 radical (unpaired) electrons. The molecule has 96 valence electrons. The molecule has 1 aromatic heterocycles. The van der Waals surface area contributed by atoms with Crippen molar-refractivity contribution >= 4 is 31.6 Å². The zero-order valence-electron chi connectivity index (χ0n) is 9.40. The maximum Gasteiger partial charge on any atom is 0.282 e. The van der Waals surface area contributed by atoms with Gasteiger partial charge in [0, 0.05) is 13.6 Å². The predicted octanol–water partition coefficient (Wildman–Crippen LogP) is -0.496. The molecule has 7 nitrogen and oxygen atoms in total. The van der Waals surface area contributed by atoms with Gasteiger partial charge < -0.3 is 5.32 Å². The molecule has 0 aliphatic rings. The van der Waals surface area contributed by atoms with Gasteiger partial charge >= 0.3 is 0 Å². The third kappa shape index (κ3) is 3.79. The lowest BCUT2D eigenvalue weighted by Gasteiger charge is -2.08. The van der Waals surface area contributed by atoms with Crippen LogP contribution in [0.2, 0.25) is 0 Å². The summed E-state index contributed by atoms with van der Waals surface area (Å²) in [5.74, 6) is -0.0782. The van der Waals surface area contributed by atoms with Crippen molar-refractivity contribution in [3.05, 3.63) is 21.0 Å². The Kier molecular flexibility index (Phi) is 4.66. The normalized spacial score (nSPS) is 11.5. The standard InChI is InChI=1S/C8H13BrN4O3S/c1-10-17(15,16)4-3-11-6-5-12-13(2)8(14)7(6)9/h5,10-11H,3-4H2,1-2H3. The van der Waals surface area contributed by atoms with Gasteiger partial charge in [-0.3, -0.25) is 4.79 Å². The number of aryl methyl sites for hydroxylation is 1. The SMILES string of the molecule is CNS(=O)(=O)CCNc1cnn(C)c(=O)c1Br. The Hall–Kier alpha value is -0.930. The number of anilines is 1. The average molecular weight is 325 g/mol. The number of halogens is 1. The van der Waals surface area contributed by atoms with Gasteiger partial charge in [0.05, 0.1) is 17.6 Å². The molecule has 0 aliphatic heterocycles. The fraction of sp³-hybridized carbons (Fsp3) is 0.500. The summed E-state index contributed by atoms with van der Waals surface area (Å²) in [6.45, 7) is 0.191. The largest absolute Gasteiger partial charge is 0.382 e. The number of rotatable bonds is 5. The van der Waals surface area contributed by atoms with Gasteiger partial charge in [-0.2, -0.15) is 5.10 Å². The highest BCUT2D eigenvalue weighted by molar-refractivity contribution is 9.10. The lowest BCUT2D eigenvalue weighted by molar-refractivity contribution is 0.588. The van der Waals surface area contributed by atoms with Crippen molar-refractivity contribution in [2.45, 2.75) is 0 Å². The van der Waals surface area contributed by atoms with Gasteiger partial charge in [0.2, 0.25) is 10.0 Å². The molecule has 1 rings (SSSR count). The van der Waals surface area contributed by atoms with Gasteiger partial charge in [0.1, 0.15) is 4.47 Å². The summed E-state index contributed by atoms with van der Waals surface area (Å²) in [4.78, 5) is 11.5. The van der Waals surface area contributed by atoms with Crippen LogP contribution >= 0.6 is 15.9 Å². The van der Waals surface area contributed by atoms with Crippen LogP contribution in [0.15, 0.2) is 15.5 Å². The molecule has 0 unspecified atom stereocenters. The summed E-state index contributed by atoms with van der Waals surface area (Å²) < 4.78 is 26.0. The molecule has 2 N–H and O–H groups in total. The van der Waals surface area contributed by atoms with Gasteiger partial charge in [-0.1, -0.05) is 0 Å². The van der Waals surface area contributed by atoms with Crippen molar-refractivity contribution in [2.24, 2.45) is 7.05 Å². The van der Waals surface area contributed by atoms with E-state index in [4.69, 9.17) is 0 Å². The fourth-order valence-corrected chi connectivity index (χ4v) is 2.13. The Morgan fingerprint density at radius 1 is 1.53 bits per heavy atom. The molecule has 1 heterocycles. The van der Waals surface area contributed by atoms with E-state index in [1.165, 1.54) is 25.0 Å². The second-order valence-electron chi connectivity index (χ2n) is 3.25. The second-order valence-corrected chi connectivity index (χ2v) is 6.09. The monoisotopic (exact) mass is 324 g/mol. The van der Waals surface area contributed by atoms with Crippen LogP contribution < -0.4 is 15.6 Å². The van der Waals surface area contributed by atoms with Crippen LogP contribution in [0.5, 0.6) is 0 Å². The summed E-state index contributed by atoms with van der Waals surface area (Å²) in [5, 5.41) is 6.65. The number of hydrogen-bond donors (Lipinski definition) is 2. The molecular formula is C8H13BrN4O3S. The van der Waals surface area contributed by atoms with Crippen LogP contribution in [0.1, 0.15) is 0 Å². The fourth-order valence-electron chi connectivity index (χ4n) is 1.06.